The number of hydrogen-bond donors (Lipinski definition) is 2. The number of rotatable bonds is 4. The average Bonchev–Trinajstić information content (AvgIpc) is 2.59. The Kier molecular flexibility index (Phi) is 4.73. The summed E-state index contributed by atoms with van der Waals surface area (Å²) < 4.78 is 1.99. The lowest BCUT2D eigenvalue weighted by atomic mass is 10.1. The number of nitrogens with zero attached hydrogens (tertiary/aromatic N) is 2. The molecule has 0 saturated heterocycles. The van der Waals surface area contributed by atoms with Crippen LogP contribution in [0.1, 0.15) is 38.1 Å². The molecule has 2 N–H and O–H groups in total. The zero-order valence-corrected chi connectivity index (χ0v) is 11.2. The van der Waals surface area contributed by atoms with Crippen molar-refractivity contribution in [1.82, 2.24) is 20.4 Å². The molecule has 0 radical (unpaired) electrons. The van der Waals surface area contributed by atoms with Gasteiger partial charge in [-0.25, -0.2) is 0 Å². The molecule has 0 aliphatic rings. The third-order valence-electron chi connectivity index (χ3n) is 2.59. The molecule has 1 aromatic rings. The van der Waals surface area contributed by atoms with E-state index in [0.717, 1.165) is 13.1 Å². The lowest BCUT2D eigenvalue weighted by molar-refractivity contribution is 0.631. The van der Waals surface area contributed by atoms with Crippen LogP contribution in [0.2, 0.25) is 0 Å². The normalized spacial score (nSPS) is 12.2. The van der Waals surface area contributed by atoms with Crippen LogP contribution in [0.4, 0.5) is 0 Å². The van der Waals surface area contributed by atoms with Crippen LogP contribution in [0, 0.1) is 6.92 Å². The molecule has 0 fully saturated rings. The first-order valence-corrected chi connectivity index (χ1v) is 6.07. The van der Waals surface area contributed by atoms with Gasteiger partial charge in [-0.2, -0.15) is 5.10 Å². The molecule has 0 aliphatic carbocycles. The first-order chi connectivity index (χ1) is 7.60. The average molecular weight is 240 g/mol. The Hall–Kier alpha value is -1.10. The van der Waals surface area contributed by atoms with E-state index in [1.807, 2.05) is 17.8 Å². The van der Waals surface area contributed by atoms with Gasteiger partial charge in [0.05, 0.1) is 12.2 Å². The van der Waals surface area contributed by atoms with E-state index in [4.69, 9.17) is 12.2 Å². The summed E-state index contributed by atoms with van der Waals surface area (Å²) in [4.78, 5) is 0. The third-order valence-corrected chi connectivity index (χ3v) is 2.85. The van der Waals surface area contributed by atoms with Crippen molar-refractivity contribution in [3.05, 3.63) is 17.5 Å². The van der Waals surface area contributed by atoms with Crippen molar-refractivity contribution in [2.24, 2.45) is 0 Å². The second-order valence-electron chi connectivity index (χ2n) is 3.73. The van der Waals surface area contributed by atoms with Gasteiger partial charge in [0.15, 0.2) is 5.11 Å². The summed E-state index contributed by atoms with van der Waals surface area (Å²) in [6.45, 7) is 10.0. The number of nitrogens with one attached hydrogen (secondary N) is 2. The molecule has 4 nitrogen and oxygen atoms in total. The van der Waals surface area contributed by atoms with Crippen molar-refractivity contribution in [3.63, 3.8) is 0 Å². The van der Waals surface area contributed by atoms with E-state index in [0.29, 0.717) is 5.11 Å². The molecule has 1 rings (SSSR count). The molecule has 0 aromatic carbocycles. The standard InChI is InChI=1S/C11H20N4S/c1-5-12-11(16)14-8(3)10-7-13-15(6-2)9(10)4/h7-8H,5-6H2,1-4H3,(H2,12,14,16). The zero-order valence-electron chi connectivity index (χ0n) is 10.4. The molecule has 1 aromatic heterocycles. The fourth-order valence-electron chi connectivity index (χ4n) is 1.69. The van der Waals surface area contributed by atoms with Gasteiger partial charge in [0.25, 0.3) is 0 Å². The predicted molar refractivity (Wildman–Crippen MR) is 70.5 cm³/mol. The molecule has 1 heterocycles. The number of hydrogen-bond acceptors (Lipinski definition) is 2. The molecule has 0 amide bonds. The van der Waals surface area contributed by atoms with Gasteiger partial charge in [0.1, 0.15) is 0 Å². The van der Waals surface area contributed by atoms with Crippen molar-refractivity contribution in [2.45, 2.75) is 40.3 Å². The van der Waals surface area contributed by atoms with Crippen LogP contribution in [0.15, 0.2) is 6.20 Å². The first kappa shape index (κ1) is 13.0. The van der Waals surface area contributed by atoms with E-state index in [2.05, 4.69) is 36.5 Å². The monoisotopic (exact) mass is 240 g/mol. The van der Waals surface area contributed by atoms with Crippen LogP contribution in [-0.4, -0.2) is 21.4 Å². The lowest BCUT2D eigenvalue weighted by Crippen LogP contribution is -2.36. The maximum Gasteiger partial charge on any atom is 0.166 e. The van der Waals surface area contributed by atoms with Crippen LogP contribution in [0.3, 0.4) is 0 Å². The smallest absolute Gasteiger partial charge is 0.166 e. The minimum absolute atomic E-state index is 0.187. The van der Waals surface area contributed by atoms with Gasteiger partial charge in [-0.1, -0.05) is 0 Å². The summed E-state index contributed by atoms with van der Waals surface area (Å²) in [5.74, 6) is 0. The number of aryl methyl sites for hydroxylation is 1. The van der Waals surface area contributed by atoms with Crippen LogP contribution in [-0.2, 0) is 6.54 Å². The minimum atomic E-state index is 0.187. The van der Waals surface area contributed by atoms with E-state index < -0.39 is 0 Å². The molecule has 0 spiro atoms. The van der Waals surface area contributed by atoms with Gasteiger partial charge >= 0.3 is 0 Å². The van der Waals surface area contributed by atoms with Crippen LogP contribution in [0.25, 0.3) is 0 Å². The maximum absolute atomic E-state index is 5.16. The van der Waals surface area contributed by atoms with Crippen LogP contribution in [0.5, 0.6) is 0 Å². The van der Waals surface area contributed by atoms with Gasteiger partial charge in [-0.05, 0) is 39.9 Å². The highest BCUT2D eigenvalue weighted by Gasteiger charge is 2.13. The summed E-state index contributed by atoms with van der Waals surface area (Å²) in [7, 11) is 0. The highest BCUT2D eigenvalue weighted by atomic mass is 32.1. The Bertz CT molecular complexity index is 359. The molecular formula is C11H20N4S. The van der Waals surface area contributed by atoms with E-state index in [1.54, 1.807) is 0 Å². The number of aromatic nitrogens is 2. The molecule has 1 unspecified atom stereocenters. The molecule has 0 aliphatic heterocycles. The molecule has 5 heteroatoms. The first-order valence-electron chi connectivity index (χ1n) is 5.66. The maximum atomic E-state index is 5.16. The van der Waals surface area contributed by atoms with Gasteiger partial charge < -0.3 is 10.6 Å². The van der Waals surface area contributed by atoms with Gasteiger partial charge in [0.2, 0.25) is 0 Å². The van der Waals surface area contributed by atoms with Crippen molar-refractivity contribution in [2.75, 3.05) is 6.54 Å². The molecular weight excluding hydrogens is 220 g/mol. The van der Waals surface area contributed by atoms with Crippen LogP contribution >= 0.6 is 12.2 Å². The third kappa shape index (κ3) is 2.95. The molecule has 0 saturated carbocycles. The molecule has 90 valence electrons. The summed E-state index contributed by atoms with van der Waals surface area (Å²) >= 11 is 5.16. The van der Waals surface area contributed by atoms with E-state index in [-0.39, 0.29) is 6.04 Å². The lowest BCUT2D eigenvalue weighted by Gasteiger charge is -2.16. The second-order valence-corrected chi connectivity index (χ2v) is 4.13. The summed E-state index contributed by atoms with van der Waals surface area (Å²) in [6, 6.07) is 0.187. The minimum Gasteiger partial charge on any atom is -0.363 e. The van der Waals surface area contributed by atoms with Crippen molar-refractivity contribution >= 4 is 17.3 Å². The Labute approximate surface area is 102 Å². The summed E-state index contributed by atoms with van der Waals surface area (Å²) in [5, 5.41) is 11.3. The van der Waals surface area contributed by atoms with Crippen molar-refractivity contribution in [3.8, 4) is 0 Å². The second kappa shape index (κ2) is 5.84. The van der Waals surface area contributed by atoms with E-state index in [9.17, 15) is 0 Å². The van der Waals surface area contributed by atoms with Gasteiger partial charge in [0, 0.05) is 24.3 Å². The Balaban J connectivity index is 2.69. The zero-order chi connectivity index (χ0) is 12.1. The van der Waals surface area contributed by atoms with E-state index >= 15 is 0 Å². The van der Waals surface area contributed by atoms with Gasteiger partial charge in [-0.3, -0.25) is 4.68 Å². The quantitative estimate of drug-likeness (QED) is 0.787. The SMILES string of the molecule is CCNC(=S)NC(C)c1cnn(CC)c1C. The Morgan fingerprint density at radius 2 is 2.25 bits per heavy atom. The Morgan fingerprint density at radius 3 is 2.75 bits per heavy atom. The predicted octanol–water partition coefficient (Wildman–Crippen LogP) is 1.76. The fourth-order valence-corrected chi connectivity index (χ4v) is 2.01. The highest BCUT2D eigenvalue weighted by molar-refractivity contribution is 7.80. The largest absolute Gasteiger partial charge is 0.363 e. The molecule has 1 atom stereocenters. The topological polar surface area (TPSA) is 41.9 Å². The Morgan fingerprint density at radius 1 is 1.56 bits per heavy atom. The van der Waals surface area contributed by atoms with Crippen LogP contribution < -0.4 is 10.6 Å². The van der Waals surface area contributed by atoms with Crippen molar-refractivity contribution < 1.29 is 0 Å². The van der Waals surface area contributed by atoms with Gasteiger partial charge in [-0.15, -0.1) is 0 Å². The summed E-state index contributed by atoms with van der Waals surface area (Å²) in [5.41, 5.74) is 2.39. The summed E-state index contributed by atoms with van der Waals surface area (Å²) in [6.07, 6.45) is 1.91. The highest BCUT2D eigenvalue weighted by Crippen LogP contribution is 2.16. The molecule has 0 bridgehead atoms. The van der Waals surface area contributed by atoms with E-state index in [1.165, 1.54) is 11.3 Å². The molecule has 16 heavy (non-hydrogen) atoms. The number of thiocarbonyl (C=S) groups is 1. The fraction of sp³-hybridized carbons (Fsp3) is 0.636. The van der Waals surface area contributed by atoms with Crippen molar-refractivity contribution in [1.29, 1.82) is 0 Å².